The van der Waals surface area contributed by atoms with Crippen LogP contribution in [0.4, 0.5) is 10.2 Å². The SMILES string of the molecule is CCOC(=O)C(c1ncn2c1CC(F)C2)n1cc2c(C)cc(-c3ccc(N4CCOCC4)nc3)c(C)c2n1. The minimum absolute atomic E-state index is 0.224. The zero-order valence-corrected chi connectivity index (χ0v) is 21.9. The van der Waals surface area contributed by atoms with E-state index in [1.807, 2.05) is 32.3 Å². The first kappa shape index (κ1) is 24.5. The molecule has 198 valence electrons. The fourth-order valence-corrected chi connectivity index (χ4v) is 5.53. The van der Waals surface area contributed by atoms with Gasteiger partial charge in [0.05, 0.1) is 43.9 Å². The molecule has 2 aliphatic rings. The summed E-state index contributed by atoms with van der Waals surface area (Å²) >= 11 is 0. The molecule has 0 bridgehead atoms. The van der Waals surface area contributed by atoms with Crippen LogP contribution in [0.15, 0.2) is 36.9 Å². The molecule has 2 unspecified atom stereocenters. The third kappa shape index (κ3) is 4.22. The largest absolute Gasteiger partial charge is 0.464 e. The van der Waals surface area contributed by atoms with E-state index in [1.165, 1.54) is 0 Å². The molecule has 10 heteroatoms. The zero-order chi connectivity index (χ0) is 26.4. The van der Waals surface area contributed by atoms with Crippen molar-refractivity contribution in [2.45, 2.75) is 46.0 Å². The number of ether oxygens (including phenoxy) is 2. The number of rotatable bonds is 6. The number of benzene rings is 1. The van der Waals surface area contributed by atoms with Gasteiger partial charge in [-0.1, -0.05) is 6.07 Å². The minimum atomic E-state index is -0.985. The van der Waals surface area contributed by atoms with E-state index in [-0.39, 0.29) is 19.6 Å². The number of morpholine rings is 1. The first-order valence-electron chi connectivity index (χ1n) is 13.1. The molecular weight excluding hydrogens is 487 g/mol. The molecule has 0 saturated carbocycles. The molecule has 0 radical (unpaired) electrons. The van der Waals surface area contributed by atoms with Gasteiger partial charge in [-0.05, 0) is 49.6 Å². The number of pyridine rings is 1. The Morgan fingerprint density at radius 3 is 2.79 bits per heavy atom. The second-order valence-electron chi connectivity index (χ2n) is 9.93. The summed E-state index contributed by atoms with van der Waals surface area (Å²) < 4.78 is 28.4. The molecule has 4 aromatic rings. The van der Waals surface area contributed by atoms with Gasteiger partial charge in [0.15, 0.2) is 6.04 Å². The van der Waals surface area contributed by atoms with Gasteiger partial charge in [0.2, 0.25) is 0 Å². The molecule has 3 aromatic heterocycles. The Morgan fingerprint density at radius 2 is 2.05 bits per heavy atom. The van der Waals surface area contributed by atoms with Gasteiger partial charge in [0, 0.05) is 48.5 Å². The number of carbonyl (C=O) groups is 1. The summed E-state index contributed by atoms with van der Waals surface area (Å²) in [6.07, 6.45) is 4.61. The normalized spacial score (nSPS) is 18.1. The Hall–Kier alpha value is -3.79. The number of aromatic nitrogens is 5. The number of imidazole rings is 1. The fraction of sp³-hybridized carbons (Fsp3) is 0.429. The monoisotopic (exact) mass is 518 g/mol. The minimum Gasteiger partial charge on any atom is -0.464 e. The number of anilines is 1. The smallest absolute Gasteiger partial charge is 0.337 e. The molecule has 0 aliphatic carbocycles. The molecule has 1 fully saturated rings. The summed E-state index contributed by atoms with van der Waals surface area (Å²) in [7, 11) is 0. The van der Waals surface area contributed by atoms with E-state index in [1.54, 1.807) is 22.5 Å². The van der Waals surface area contributed by atoms with Crippen molar-refractivity contribution in [2.75, 3.05) is 37.8 Å². The third-order valence-corrected chi connectivity index (χ3v) is 7.49. The van der Waals surface area contributed by atoms with E-state index < -0.39 is 18.2 Å². The molecular formula is C28H31FN6O3. The fourth-order valence-electron chi connectivity index (χ4n) is 5.53. The van der Waals surface area contributed by atoms with E-state index in [4.69, 9.17) is 19.6 Å². The summed E-state index contributed by atoms with van der Waals surface area (Å²) in [5.74, 6) is 0.486. The summed E-state index contributed by atoms with van der Waals surface area (Å²) in [6, 6.07) is 5.38. The molecule has 0 N–H and O–H groups in total. The van der Waals surface area contributed by atoms with Crippen molar-refractivity contribution in [1.29, 1.82) is 0 Å². The second kappa shape index (κ2) is 9.83. The highest BCUT2D eigenvalue weighted by Gasteiger charge is 2.35. The van der Waals surface area contributed by atoms with Crippen molar-refractivity contribution in [3.63, 3.8) is 0 Å². The number of hydrogen-bond acceptors (Lipinski definition) is 7. The molecule has 1 aromatic carbocycles. The van der Waals surface area contributed by atoms with Gasteiger partial charge in [-0.2, -0.15) is 5.10 Å². The molecule has 2 atom stereocenters. The van der Waals surface area contributed by atoms with E-state index >= 15 is 0 Å². The highest BCUT2D eigenvalue weighted by atomic mass is 19.1. The van der Waals surface area contributed by atoms with Gasteiger partial charge < -0.3 is 18.9 Å². The van der Waals surface area contributed by atoms with E-state index in [2.05, 4.69) is 22.0 Å². The van der Waals surface area contributed by atoms with Gasteiger partial charge in [-0.3, -0.25) is 4.68 Å². The summed E-state index contributed by atoms with van der Waals surface area (Å²) in [4.78, 5) is 24.6. The highest BCUT2D eigenvalue weighted by molar-refractivity contribution is 5.91. The number of fused-ring (bicyclic) bond motifs is 2. The number of esters is 1. The molecule has 1 saturated heterocycles. The van der Waals surface area contributed by atoms with Crippen molar-refractivity contribution >= 4 is 22.7 Å². The van der Waals surface area contributed by atoms with Crippen LogP contribution < -0.4 is 4.90 Å². The number of carbonyl (C=O) groups excluding carboxylic acids is 1. The molecule has 38 heavy (non-hydrogen) atoms. The molecule has 6 rings (SSSR count). The summed E-state index contributed by atoms with van der Waals surface area (Å²) in [5, 5.41) is 5.83. The van der Waals surface area contributed by atoms with Crippen molar-refractivity contribution in [1.82, 2.24) is 24.3 Å². The Balaban J connectivity index is 1.39. The average Bonchev–Trinajstić information content (AvgIpc) is 3.63. The quantitative estimate of drug-likeness (QED) is 0.359. The average molecular weight is 519 g/mol. The third-order valence-electron chi connectivity index (χ3n) is 7.49. The molecule has 5 heterocycles. The van der Waals surface area contributed by atoms with Crippen LogP contribution in [0, 0.1) is 13.8 Å². The zero-order valence-electron chi connectivity index (χ0n) is 21.9. The van der Waals surface area contributed by atoms with Crippen LogP contribution in [-0.4, -0.2) is 69.4 Å². The lowest BCUT2D eigenvalue weighted by Gasteiger charge is -2.27. The Morgan fingerprint density at radius 1 is 1.24 bits per heavy atom. The maximum atomic E-state index is 14.2. The predicted molar refractivity (Wildman–Crippen MR) is 141 cm³/mol. The number of halogens is 1. The number of aryl methyl sites for hydroxylation is 2. The van der Waals surface area contributed by atoms with Gasteiger partial charge in [-0.25, -0.2) is 19.2 Å². The highest BCUT2D eigenvalue weighted by Crippen LogP contribution is 2.34. The summed E-state index contributed by atoms with van der Waals surface area (Å²) in [5.41, 5.74) is 6.08. The molecule has 9 nitrogen and oxygen atoms in total. The van der Waals surface area contributed by atoms with E-state index in [9.17, 15) is 9.18 Å². The van der Waals surface area contributed by atoms with E-state index in [0.29, 0.717) is 18.9 Å². The first-order valence-corrected chi connectivity index (χ1v) is 13.1. The predicted octanol–water partition coefficient (Wildman–Crippen LogP) is 3.79. The van der Waals surface area contributed by atoms with E-state index in [0.717, 1.165) is 57.8 Å². The van der Waals surface area contributed by atoms with Gasteiger partial charge in [-0.15, -0.1) is 0 Å². The van der Waals surface area contributed by atoms with Crippen molar-refractivity contribution in [3.05, 3.63) is 59.4 Å². The molecule has 0 spiro atoms. The Labute approximate surface area is 220 Å². The van der Waals surface area contributed by atoms with Crippen LogP contribution >= 0.6 is 0 Å². The van der Waals surface area contributed by atoms with Crippen molar-refractivity contribution in [2.24, 2.45) is 0 Å². The Kier molecular flexibility index (Phi) is 6.35. The lowest BCUT2D eigenvalue weighted by atomic mass is 9.96. The lowest BCUT2D eigenvalue weighted by Crippen LogP contribution is -2.36. The first-order chi connectivity index (χ1) is 18.4. The maximum absolute atomic E-state index is 14.2. The topological polar surface area (TPSA) is 87.3 Å². The van der Waals surface area contributed by atoms with Gasteiger partial charge >= 0.3 is 5.97 Å². The molecule has 0 amide bonds. The van der Waals surface area contributed by atoms with Crippen molar-refractivity contribution < 1.29 is 18.7 Å². The number of nitrogens with zero attached hydrogens (tertiary/aromatic N) is 6. The van der Waals surface area contributed by atoms with Gasteiger partial charge in [0.25, 0.3) is 0 Å². The number of alkyl halides is 1. The van der Waals surface area contributed by atoms with Crippen molar-refractivity contribution in [3.8, 4) is 11.1 Å². The van der Waals surface area contributed by atoms with Gasteiger partial charge in [0.1, 0.15) is 12.0 Å². The lowest BCUT2D eigenvalue weighted by molar-refractivity contribution is -0.146. The van der Waals surface area contributed by atoms with Crippen LogP contribution in [0.5, 0.6) is 0 Å². The van der Waals surface area contributed by atoms with Crippen LogP contribution in [0.3, 0.4) is 0 Å². The van der Waals surface area contributed by atoms with Crippen LogP contribution in [-0.2, 0) is 27.2 Å². The second-order valence-corrected chi connectivity index (χ2v) is 9.93. The number of hydrogen-bond donors (Lipinski definition) is 0. The molecule has 2 aliphatic heterocycles. The standard InChI is InChI=1S/C28H31FN6O3/c1-4-38-28(36)27(26-23-12-20(29)14-34(23)16-31-26)35-15-22-17(2)11-21(18(3)25(22)32-35)19-5-6-24(30-13-19)33-7-9-37-10-8-33/h5-6,11,13,15-16,20,27H,4,7-10,12,14H2,1-3H3. The summed E-state index contributed by atoms with van der Waals surface area (Å²) in [6.45, 7) is 9.41. The van der Waals surface area contributed by atoms with Crippen LogP contribution in [0.2, 0.25) is 0 Å². The van der Waals surface area contributed by atoms with Crippen LogP contribution in [0.25, 0.3) is 22.0 Å². The maximum Gasteiger partial charge on any atom is 0.337 e. The van der Waals surface area contributed by atoms with Crippen LogP contribution in [0.1, 0.15) is 35.5 Å². The Bertz CT molecular complexity index is 1490.